The fraction of sp³-hybridized carbons (Fsp3) is 0.750. The standard InChI is InChI=1S/C24H36N4O7S/c25-23(32)35-19-13-5-3-1-2-4-9-16-15-24(16,22(31)27-36(33,34)17-10-6-7-11-17)26-20(29)18-12-8-14-28(18)21(19)30/h4,9,16-19H,1-3,5-8,10-15H2,(H2,25,32)(H,26,29)(H,27,31)/b9-4+. The zero-order valence-electron chi connectivity index (χ0n) is 20.4. The fourth-order valence-corrected chi connectivity index (χ4v) is 7.24. The van der Waals surface area contributed by atoms with E-state index in [0.717, 1.165) is 32.1 Å². The van der Waals surface area contributed by atoms with Crippen molar-refractivity contribution in [3.05, 3.63) is 12.2 Å². The summed E-state index contributed by atoms with van der Waals surface area (Å²) in [5.41, 5.74) is 3.81. The van der Waals surface area contributed by atoms with Crippen LogP contribution < -0.4 is 15.8 Å². The average Bonchev–Trinajstić information content (AvgIpc) is 3.21. The van der Waals surface area contributed by atoms with Crippen LogP contribution in [0.4, 0.5) is 4.79 Å². The van der Waals surface area contributed by atoms with E-state index in [1.165, 1.54) is 4.90 Å². The SMILES string of the molecule is NC(=O)OC1CCCCC/C=C/C2CC2(C(=O)NS(=O)(=O)C2CCCC2)NC(=O)C2CCCN2C1=O. The summed E-state index contributed by atoms with van der Waals surface area (Å²) in [6.07, 6.45) is 8.90. The molecule has 0 bridgehead atoms. The Morgan fingerprint density at radius 1 is 1.06 bits per heavy atom. The third-order valence-electron chi connectivity index (χ3n) is 7.82. The van der Waals surface area contributed by atoms with Gasteiger partial charge in [0.1, 0.15) is 11.6 Å². The van der Waals surface area contributed by atoms with E-state index in [1.807, 2.05) is 12.2 Å². The van der Waals surface area contributed by atoms with Crippen LogP contribution >= 0.6 is 0 Å². The van der Waals surface area contributed by atoms with E-state index in [2.05, 4.69) is 10.0 Å². The summed E-state index contributed by atoms with van der Waals surface area (Å²) in [5, 5.41) is 2.20. The molecular formula is C24H36N4O7S. The quantitative estimate of drug-likeness (QED) is 0.465. The number of allylic oxidation sites excluding steroid dienone is 1. The molecule has 4 aliphatic rings. The maximum Gasteiger partial charge on any atom is 0.405 e. The molecule has 200 valence electrons. The number of sulfonamides is 1. The van der Waals surface area contributed by atoms with Crippen molar-refractivity contribution in [2.45, 2.75) is 100.0 Å². The minimum absolute atomic E-state index is 0.287. The van der Waals surface area contributed by atoms with Gasteiger partial charge >= 0.3 is 6.09 Å². The molecule has 2 aliphatic heterocycles. The lowest BCUT2D eigenvalue weighted by molar-refractivity contribution is -0.146. The molecule has 11 nitrogen and oxygen atoms in total. The lowest BCUT2D eigenvalue weighted by atomic mass is 10.1. The first kappa shape index (κ1) is 26.4. The van der Waals surface area contributed by atoms with Gasteiger partial charge in [-0.05, 0) is 57.8 Å². The van der Waals surface area contributed by atoms with Gasteiger partial charge in [-0.3, -0.25) is 19.1 Å². The average molecular weight is 525 g/mol. The minimum atomic E-state index is -3.85. The molecule has 0 aromatic heterocycles. The van der Waals surface area contributed by atoms with E-state index >= 15 is 0 Å². The Balaban J connectivity index is 1.56. The molecule has 4 atom stereocenters. The van der Waals surface area contributed by atoms with Crippen LogP contribution in [0.25, 0.3) is 0 Å². The Hall–Kier alpha value is -2.63. The number of nitrogens with two attached hydrogens (primary N) is 1. The van der Waals surface area contributed by atoms with Gasteiger partial charge in [-0.1, -0.05) is 31.4 Å². The fourth-order valence-electron chi connectivity index (χ4n) is 5.68. The van der Waals surface area contributed by atoms with Gasteiger partial charge in [0.15, 0.2) is 6.10 Å². The highest BCUT2D eigenvalue weighted by Crippen LogP contribution is 2.46. The molecule has 36 heavy (non-hydrogen) atoms. The number of hydrogen-bond acceptors (Lipinski definition) is 7. The summed E-state index contributed by atoms with van der Waals surface area (Å²) in [6, 6.07) is -0.844. The van der Waals surface area contributed by atoms with Gasteiger partial charge in [0.05, 0.1) is 5.25 Å². The van der Waals surface area contributed by atoms with Gasteiger partial charge in [-0.25, -0.2) is 13.2 Å². The molecular weight excluding hydrogens is 488 g/mol. The molecule has 2 saturated carbocycles. The maximum absolute atomic E-state index is 13.4. The number of primary amides is 1. The number of ether oxygens (including phenoxy) is 1. The van der Waals surface area contributed by atoms with Crippen molar-refractivity contribution in [1.82, 2.24) is 14.9 Å². The van der Waals surface area contributed by atoms with Crippen LogP contribution in [0.5, 0.6) is 0 Å². The lowest BCUT2D eigenvalue weighted by Gasteiger charge is -2.29. The Morgan fingerprint density at radius 2 is 1.78 bits per heavy atom. The summed E-state index contributed by atoms with van der Waals surface area (Å²) in [6.45, 7) is 0.314. The minimum Gasteiger partial charge on any atom is -0.436 e. The van der Waals surface area contributed by atoms with Crippen molar-refractivity contribution in [2.24, 2.45) is 11.7 Å². The Bertz CT molecular complexity index is 1020. The Kier molecular flexibility index (Phi) is 7.91. The van der Waals surface area contributed by atoms with E-state index in [0.29, 0.717) is 45.1 Å². The maximum atomic E-state index is 13.4. The predicted molar refractivity (Wildman–Crippen MR) is 130 cm³/mol. The first-order chi connectivity index (χ1) is 17.1. The van der Waals surface area contributed by atoms with E-state index in [9.17, 15) is 27.6 Å². The highest BCUT2D eigenvalue weighted by Gasteiger charge is 2.61. The summed E-state index contributed by atoms with van der Waals surface area (Å²) in [5.74, 6) is -2.05. The zero-order valence-corrected chi connectivity index (χ0v) is 21.3. The molecule has 4 unspecified atom stereocenters. The molecule has 2 aliphatic carbocycles. The van der Waals surface area contributed by atoms with Gasteiger partial charge in [0.25, 0.3) is 11.8 Å². The van der Waals surface area contributed by atoms with Crippen molar-refractivity contribution in [3.8, 4) is 0 Å². The van der Waals surface area contributed by atoms with Crippen LogP contribution in [0.2, 0.25) is 0 Å². The number of fused-ring (bicyclic) bond motifs is 2. The molecule has 0 aromatic rings. The van der Waals surface area contributed by atoms with Gasteiger partial charge < -0.3 is 20.7 Å². The molecule has 0 radical (unpaired) electrons. The second-order valence-corrected chi connectivity index (χ2v) is 12.3. The number of carbonyl (C=O) groups is 4. The number of carbonyl (C=O) groups excluding carboxylic acids is 4. The van der Waals surface area contributed by atoms with Crippen LogP contribution in [0.1, 0.15) is 77.0 Å². The van der Waals surface area contributed by atoms with E-state index in [1.54, 1.807) is 0 Å². The molecule has 12 heteroatoms. The summed E-state index contributed by atoms with van der Waals surface area (Å²) in [7, 11) is -3.85. The van der Waals surface area contributed by atoms with Crippen molar-refractivity contribution in [3.63, 3.8) is 0 Å². The smallest absolute Gasteiger partial charge is 0.405 e. The zero-order chi connectivity index (χ0) is 25.9. The molecule has 2 heterocycles. The van der Waals surface area contributed by atoms with Crippen LogP contribution in [-0.2, 0) is 29.1 Å². The van der Waals surface area contributed by atoms with Crippen molar-refractivity contribution >= 4 is 33.8 Å². The monoisotopic (exact) mass is 524 g/mol. The van der Waals surface area contributed by atoms with E-state index < -0.39 is 56.8 Å². The molecule has 3 fully saturated rings. The van der Waals surface area contributed by atoms with Gasteiger partial charge in [-0.15, -0.1) is 0 Å². The van der Waals surface area contributed by atoms with Gasteiger partial charge in [0, 0.05) is 12.5 Å². The third kappa shape index (κ3) is 5.68. The second kappa shape index (κ2) is 10.8. The first-order valence-corrected chi connectivity index (χ1v) is 14.5. The molecule has 0 spiro atoms. The van der Waals surface area contributed by atoms with Crippen LogP contribution in [0.3, 0.4) is 0 Å². The van der Waals surface area contributed by atoms with Crippen LogP contribution in [0.15, 0.2) is 12.2 Å². The first-order valence-electron chi connectivity index (χ1n) is 13.0. The second-order valence-electron chi connectivity index (χ2n) is 10.3. The number of hydrogen-bond donors (Lipinski definition) is 3. The molecule has 1 saturated heterocycles. The van der Waals surface area contributed by atoms with Crippen molar-refractivity contribution in [1.29, 1.82) is 0 Å². The van der Waals surface area contributed by atoms with Gasteiger partial charge in [0.2, 0.25) is 15.9 Å². The van der Waals surface area contributed by atoms with Crippen LogP contribution in [0, 0.1) is 5.92 Å². The Morgan fingerprint density at radius 3 is 2.50 bits per heavy atom. The highest BCUT2D eigenvalue weighted by molar-refractivity contribution is 7.90. The van der Waals surface area contributed by atoms with Gasteiger partial charge in [-0.2, -0.15) is 0 Å². The predicted octanol–water partition coefficient (Wildman–Crippen LogP) is 1.23. The van der Waals surface area contributed by atoms with Crippen molar-refractivity contribution in [2.75, 3.05) is 6.54 Å². The lowest BCUT2D eigenvalue weighted by Crippen LogP contribution is -2.57. The topological polar surface area (TPSA) is 165 Å². The normalized spacial score (nSPS) is 32.9. The summed E-state index contributed by atoms with van der Waals surface area (Å²) >= 11 is 0. The molecule has 0 aromatic carbocycles. The number of nitrogens with zero attached hydrogens (tertiary/aromatic N) is 1. The van der Waals surface area contributed by atoms with Crippen molar-refractivity contribution < 1.29 is 32.3 Å². The van der Waals surface area contributed by atoms with E-state index in [-0.39, 0.29) is 12.3 Å². The largest absolute Gasteiger partial charge is 0.436 e. The summed E-state index contributed by atoms with van der Waals surface area (Å²) in [4.78, 5) is 52.7. The molecule has 4 amide bonds. The number of rotatable bonds is 4. The highest BCUT2D eigenvalue weighted by atomic mass is 32.2. The number of nitrogens with one attached hydrogen (secondary N) is 2. The Labute approximate surface area is 211 Å². The number of amides is 4. The molecule has 4 rings (SSSR count). The summed E-state index contributed by atoms with van der Waals surface area (Å²) < 4.78 is 33.0. The molecule has 4 N–H and O–H groups in total. The van der Waals surface area contributed by atoms with E-state index in [4.69, 9.17) is 10.5 Å². The van der Waals surface area contributed by atoms with Crippen LogP contribution in [-0.4, -0.2) is 66.6 Å². The third-order valence-corrected chi connectivity index (χ3v) is 9.64.